The average Bonchev–Trinajstić information content (AvgIpc) is 3.59. The maximum Gasteiger partial charge on any atom is 0.347 e. The minimum atomic E-state index is -4.95. The average molecular weight is 627 g/mol. The first-order chi connectivity index (χ1) is 20.8. The lowest BCUT2D eigenvalue weighted by molar-refractivity contribution is -0.121. The van der Waals surface area contributed by atoms with Crippen LogP contribution in [0, 0.1) is 17.8 Å². The van der Waals surface area contributed by atoms with Gasteiger partial charge in [-0.15, -0.1) is 0 Å². The summed E-state index contributed by atoms with van der Waals surface area (Å²) in [5.41, 5.74) is 0.252. The Morgan fingerprint density at radius 3 is 2.30 bits per heavy atom. The van der Waals surface area contributed by atoms with Gasteiger partial charge in [0.05, 0.1) is 29.1 Å². The molecule has 2 amide bonds. The number of hydrogen-bond donors (Lipinski definition) is 3. The van der Waals surface area contributed by atoms with E-state index < -0.39 is 49.7 Å². The number of sulfone groups is 1. The van der Waals surface area contributed by atoms with E-state index in [1.54, 1.807) is 12.1 Å². The summed E-state index contributed by atoms with van der Waals surface area (Å²) in [5, 5.41) is 10.7. The van der Waals surface area contributed by atoms with Gasteiger partial charge >= 0.3 is 11.2 Å². The molecule has 4 atom stereocenters. The molecule has 0 unspecified atom stereocenters. The van der Waals surface area contributed by atoms with E-state index in [1.807, 2.05) is 12.2 Å². The number of rotatable bonds is 10. The third-order valence-electron chi connectivity index (χ3n) is 7.70. The Morgan fingerprint density at radius 2 is 1.64 bits per heavy atom. The highest BCUT2D eigenvalue weighted by atomic mass is 32.2. The molecule has 3 aromatic carbocycles. The summed E-state index contributed by atoms with van der Waals surface area (Å²) in [7, 11) is -3.55. The highest BCUT2D eigenvalue weighted by Crippen LogP contribution is 2.44. The summed E-state index contributed by atoms with van der Waals surface area (Å²) >= 11 is 0. The summed E-state index contributed by atoms with van der Waals surface area (Å²) in [6.07, 6.45) is 4.42. The lowest BCUT2D eigenvalue weighted by atomic mass is 9.87. The first-order valence-electron chi connectivity index (χ1n) is 13.5. The third kappa shape index (κ3) is 6.00. The monoisotopic (exact) mass is 626 g/mol. The van der Waals surface area contributed by atoms with Crippen LogP contribution in [0.4, 0.5) is 14.5 Å². The number of carboxylic acid groups (broad SMARTS) is 1. The van der Waals surface area contributed by atoms with E-state index in [1.165, 1.54) is 49.6 Å². The number of carbonyl (C=O) groups is 3. The Kier molecular flexibility index (Phi) is 8.17. The molecular formula is C31H28F2N2O8S. The van der Waals surface area contributed by atoms with Crippen LogP contribution < -0.4 is 20.1 Å². The van der Waals surface area contributed by atoms with Crippen molar-refractivity contribution in [3.63, 3.8) is 0 Å². The molecule has 2 bridgehead atoms. The van der Waals surface area contributed by atoms with Gasteiger partial charge in [-0.2, -0.15) is 8.78 Å². The number of alkyl halides is 2. The van der Waals surface area contributed by atoms with E-state index in [9.17, 15) is 31.6 Å². The highest BCUT2D eigenvalue weighted by molar-refractivity contribution is 7.92. The van der Waals surface area contributed by atoms with Crippen molar-refractivity contribution in [3.05, 3.63) is 90.0 Å². The Labute approximate surface area is 251 Å². The smallest absolute Gasteiger partial charge is 0.347 e. The number of amides is 2. The number of fused-ring (bicyclic) bond motifs is 2. The Hall–Kier alpha value is -4.78. The molecule has 13 heteroatoms. The van der Waals surface area contributed by atoms with Crippen LogP contribution in [-0.2, 0) is 14.6 Å². The van der Waals surface area contributed by atoms with E-state index in [0.717, 1.165) is 12.1 Å². The zero-order valence-electron chi connectivity index (χ0n) is 23.5. The van der Waals surface area contributed by atoms with Crippen LogP contribution in [0.15, 0.2) is 83.8 Å². The van der Waals surface area contributed by atoms with Crippen LogP contribution in [-0.4, -0.2) is 49.7 Å². The van der Waals surface area contributed by atoms with Gasteiger partial charge in [0.15, 0.2) is 0 Å². The van der Waals surface area contributed by atoms with E-state index in [0.29, 0.717) is 12.2 Å². The predicted molar refractivity (Wildman–Crippen MR) is 155 cm³/mol. The first kappa shape index (κ1) is 30.7. The molecule has 0 radical (unpaired) electrons. The maximum atomic E-state index is 13.7. The molecule has 230 valence electrons. The number of allylic oxidation sites excluding steroid dienone is 1. The summed E-state index contributed by atoms with van der Waals surface area (Å²) < 4.78 is 63.0. The quantitative estimate of drug-likeness (QED) is 0.263. The van der Waals surface area contributed by atoms with Crippen molar-refractivity contribution in [3.8, 4) is 17.2 Å². The number of benzene rings is 3. The van der Waals surface area contributed by atoms with Gasteiger partial charge in [-0.3, -0.25) is 9.59 Å². The number of aromatic carboxylic acids is 1. The van der Waals surface area contributed by atoms with Crippen LogP contribution in [0.5, 0.6) is 17.2 Å². The third-order valence-corrected chi connectivity index (χ3v) is 9.51. The number of nitrogens with one attached hydrogen (secondary N) is 2. The van der Waals surface area contributed by atoms with Crippen molar-refractivity contribution in [2.45, 2.75) is 29.5 Å². The molecule has 0 aromatic heterocycles. The largest absolute Gasteiger partial charge is 0.496 e. The van der Waals surface area contributed by atoms with Crippen molar-refractivity contribution in [2.24, 2.45) is 17.8 Å². The van der Waals surface area contributed by atoms with Gasteiger partial charge in [0, 0.05) is 18.7 Å². The lowest BCUT2D eigenvalue weighted by Gasteiger charge is -2.28. The molecule has 1 saturated carbocycles. The van der Waals surface area contributed by atoms with Crippen molar-refractivity contribution >= 4 is 33.3 Å². The molecule has 2 aliphatic rings. The SMILES string of the molecule is COc1ccc(Oc2ccc(C(=O)O)cc2)cc1C(=O)N[C@H]1[C@@H](C(=O)Nc2cccc(S(=O)(=O)C(C)(F)F)c2)[C@@H]2C=C[C@H]1C2. The van der Waals surface area contributed by atoms with E-state index in [-0.39, 0.29) is 47.1 Å². The number of methoxy groups -OCH3 is 1. The predicted octanol–water partition coefficient (Wildman–Crippen LogP) is 5.13. The molecule has 2 aliphatic carbocycles. The molecule has 44 heavy (non-hydrogen) atoms. The second-order valence-corrected chi connectivity index (χ2v) is 12.8. The van der Waals surface area contributed by atoms with Gasteiger partial charge in [0.25, 0.3) is 5.91 Å². The maximum absolute atomic E-state index is 13.7. The number of halogens is 2. The molecule has 10 nitrogen and oxygen atoms in total. The van der Waals surface area contributed by atoms with Gasteiger partial charge < -0.3 is 25.2 Å². The van der Waals surface area contributed by atoms with Gasteiger partial charge in [-0.25, -0.2) is 13.2 Å². The van der Waals surface area contributed by atoms with Crippen LogP contribution in [0.1, 0.15) is 34.1 Å². The van der Waals surface area contributed by atoms with Crippen LogP contribution >= 0.6 is 0 Å². The van der Waals surface area contributed by atoms with Crippen molar-refractivity contribution in [1.29, 1.82) is 0 Å². The number of hydrogen-bond acceptors (Lipinski definition) is 7. The Morgan fingerprint density at radius 1 is 0.955 bits per heavy atom. The molecule has 0 spiro atoms. The van der Waals surface area contributed by atoms with Crippen molar-refractivity contribution in [2.75, 3.05) is 12.4 Å². The summed E-state index contributed by atoms with van der Waals surface area (Å²) in [6.45, 7) is 0.289. The van der Waals surface area contributed by atoms with E-state index >= 15 is 0 Å². The van der Waals surface area contributed by atoms with Crippen molar-refractivity contribution in [1.82, 2.24) is 5.32 Å². The summed E-state index contributed by atoms with van der Waals surface area (Å²) in [4.78, 5) is 37.5. The molecule has 0 saturated heterocycles. The zero-order valence-corrected chi connectivity index (χ0v) is 24.3. The topological polar surface area (TPSA) is 148 Å². The molecule has 0 heterocycles. The normalized spacial score (nSPS) is 20.6. The molecule has 3 N–H and O–H groups in total. The minimum absolute atomic E-state index is 0.0278. The van der Waals surface area contributed by atoms with Gasteiger partial charge in [0.2, 0.25) is 15.7 Å². The first-order valence-corrected chi connectivity index (χ1v) is 15.0. The fraction of sp³-hybridized carbons (Fsp3) is 0.258. The number of ether oxygens (including phenoxy) is 2. The van der Waals surface area contributed by atoms with Gasteiger partial charge in [0.1, 0.15) is 17.2 Å². The fourth-order valence-electron chi connectivity index (χ4n) is 5.51. The number of carboxylic acids is 1. The molecule has 5 rings (SSSR count). The minimum Gasteiger partial charge on any atom is -0.496 e. The highest BCUT2D eigenvalue weighted by Gasteiger charge is 2.49. The molecule has 1 fully saturated rings. The van der Waals surface area contributed by atoms with Crippen LogP contribution in [0.25, 0.3) is 0 Å². The number of carbonyl (C=O) groups excluding carboxylic acids is 2. The van der Waals surface area contributed by atoms with Crippen LogP contribution in [0.2, 0.25) is 0 Å². The lowest BCUT2D eigenvalue weighted by Crippen LogP contribution is -2.47. The zero-order chi connectivity index (χ0) is 31.8. The fourth-order valence-corrected chi connectivity index (χ4v) is 6.46. The van der Waals surface area contributed by atoms with Crippen LogP contribution in [0.3, 0.4) is 0 Å². The summed E-state index contributed by atoms with van der Waals surface area (Å²) in [6, 6.07) is 14.4. The van der Waals surface area contributed by atoms with E-state index in [4.69, 9.17) is 14.6 Å². The Bertz CT molecular complexity index is 1750. The summed E-state index contributed by atoms with van der Waals surface area (Å²) in [5.74, 6) is -2.30. The molecule has 0 aliphatic heterocycles. The molecular weight excluding hydrogens is 598 g/mol. The van der Waals surface area contributed by atoms with Gasteiger partial charge in [-0.1, -0.05) is 18.2 Å². The molecule has 3 aromatic rings. The second kappa shape index (κ2) is 11.7. The standard InChI is InChI=1S/C31H28F2N2O8S/c1-31(32,33)44(40,41)23-5-3-4-20(15-23)34-29(37)26-18-6-7-19(14-18)27(26)35-28(36)24-16-22(12-13-25(24)42-2)43-21-10-8-17(9-11-21)30(38)39/h3-13,15-16,18-19,26-27H,14H2,1-2H3,(H,34,37)(H,35,36)(H,38,39)/t18-,19+,26+,27-/m1/s1. The Balaban J connectivity index is 1.34. The number of anilines is 1. The van der Waals surface area contributed by atoms with Crippen molar-refractivity contribution < 1.29 is 46.2 Å². The second-order valence-electron chi connectivity index (χ2n) is 10.6. The van der Waals surface area contributed by atoms with Gasteiger partial charge in [-0.05, 0) is 78.9 Å². The van der Waals surface area contributed by atoms with E-state index in [2.05, 4.69) is 10.6 Å².